The molecular weight excluding hydrogens is 272 g/mol. The van der Waals surface area contributed by atoms with Crippen molar-refractivity contribution in [2.75, 3.05) is 46.9 Å². The molecule has 0 spiro atoms. The second-order valence-corrected chi connectivity index (χ2v) is 4.99. The number of hydrogen-bond acceptors (Lipinski definition) is 5. The number of likely N-dealkylation sites (N-methyl/N-ethyl adjacent to an activating group) is 1. The van der Waals surface area contributed by atoms with Gasteiger partial charge in [0.1, 0.15) is 5.75 Å². The van der Waals surface area contributed by atoms with Gasteiger partial charge in [0.15, 0.2) is 6.61 Å². The average Bonchev–Trinajstić information content (AvgIpc) is 2.53. The van der Waals surface area contributed by atoms with Crippen molar-refractivity contribution in [1.82, 2.24) is 9.80 Å². The Bertz CT molecular complexity index is 510. The summed E-state index contributed by atoms with van der Waals surface area (Å²) in [5.41, 5.74) is 0.375. The molecule has 0 saturated carbocycles. The fourth-order valence-corrected chi connectivity index (χ4v) is 2.11. The minimum Gasteiger partial charge on any atom is -0.497 e. The zero-order valence-corrected chi connectivity index (χ0v) is 12.4. The first-order valence-electron chi connectivity index (χ1n) is 6.87. The lowest BCUT2D eigenvalue weighted by atomic mass is 10.2. The summed E-state index contributed by atoms with van der Waals surface area (Å²) in [6.07, 6.45) is 0. The molecule has 114 valence electrons. The molecule has 0 aliphatic carbocycles. The van der Waals surface area contributed by atoms with E-state index < -0.39 is 5.97 Å². The highest BCUT2D eigenvalue weighted by molar-refractivity contribution is 5.91. The standard InChI is InChI=1S/C15H20N2O4/c1-16-6-8-17(9-7-16)14(18)11-21-15(19)12-4-3-5-13(10-12)20-2/h3-5,10H,6-9,11H2,1-2H3. The van der Waals surface area contributed by atoms with Crippen LogP contribution < -0.4 is 4.74 Å². The largest absolute Gasteiger partial charge is 0.497 e. The number of esters is 1. The van der Waals surface area contributed by atoms with Crippen LogP contribution in [-0.4, -0.2) is 68.6 Å². The van der Waals surface area contributed by atoms with Gasteiger partial charge in [-0.2, -0.15) is 0 Å². The molecule has 1 saturated heterocycles. The zero-order valence-electron chi connectivity index (χ0n) is 12.4. The minimum absolute atomic E-state index is 0.153. The van der Waals surface area contributed by atoms with Crippen LogP contribution in [0.2, 0.25) is 0 Å². The SMILES string of the molecule is COc1cccc(C(=O)OCC(=O)N2CCN(C)CC2)c1. The van der Waals surface area contributed by atoms with Crippen molar-refractivity contribution < 1.29 is 19.1 Å². The Kier molecular flexibility index (Phi) is 5.16. The first kappa shape index (κ1) is 15.3. The molecular formula is C15H20N2O4. The molecule has 1 fully saturated rings. The summed E-state index contributed by atoms with van der Waals surface area (Å²) in [6, 6.07) is 6.66. The molecule has 2 rings (SSSR count). The third-order valence-corrected chi connectivity index (χ3v) is 3.49. The van der Waals surface area contributed by atoms with Crippen LogP contribution in [0.1, 0.15) is 10.4 Å². The topological polar surface area (TPSA) is 59.1 Å². The van der Waals surface area contributed by atoms with E-state index >= 15 is 0 Å². The Labute approximate surface area is 124 Å². The van der Waals surface area contributed by atoms with Crippen molar-refractivity contribution in [3.05, 3.63) is 29.8 Å². The summed E-state index contributed by atoms with van der Waals surface area (Å²) in [4.78, 5) is 27.7. The summed E-state index contributed by atoms with van der Waals surface area (Å²) in [5.74, 6) is -0.0921. The number of hydrogen-bond donors (Lipinski definition) is 0. The van der Waals surface area contributed by atoms with Crippen LogP contribution in [0.4, 0.5) is 0 Å². The van der Waals surface area contributed by atoms with Gasteiger partial charge in [-0.3, -0.25) is 4.79 Å². The Morgan fingerprint density at radius 3 is 2.57 bits per heavy atom. The molecule has 6 nitrogen and oxygen atoms in total. The Hall–Kier alpha value is -2.08. The highest BCUT2D eigenvalue weighted by Crippen LogP contribution is 2.13. The lowest BCUT2D eigenvalue weighted by Gasteiger charge is -2.32. The van der Waals surface area contributed by atoms with E-state index in [-0.39, 0.29) is 12.5 Å². The summed E-state index contributed by atoms with van der Waals surface area (Å²) in [5, 5.41) is 0. The smallest absolute Gasteiger partial charge is 0.338 e. The van der Waals surface area contributed by atoms with Gasteiger partial charge in [0.25, 0.3) is 5.91 Å². The van der Waals surface area contributed by atoms with E-state index in [0.29, 0.717) is 24.4 Å². The van der Waals surface area contributed by atoms with Crippen LogP contribution in [-0.2, 0) is 9.53 Å². The molecule has 1 aliphatic heterocycles. The summed E-state index contributed by atoms with van der Waals surface area (Å²) >= 11 is 0. The number of carbonyl (C=O) groups excluding carboxylic acids is 2. The van der Waals surface area contributed by atoms with Gasteiger partial charge in [0.05, 0.1) is 12.7 Å². The van der Waals surface area contributed by atoms with Crippen molar-refractivity contribution in [2.24, 2.45) is 0 Å². The van der Waals surface area contributed by atoms with E-state index in [0.717, 1.165) is 13.1 Å². The van der Waals surface area contributed by atoms with E-state index in [4.69, 9.17) is 9.47 Å². The fraction of sp³-hybridized carbons (Fsp3) is 0.467. The van der Waals surface area contributed by atoms with Crippen LogP contribution >= 0.6 is 0 Å². The molecule has 1 amide bonds. The normalized spacial score (nSPS) is 15.6. The number of rotatable bonds is 4. The predicted octanol–water partition coefficient (Wildman–Crippen LogP) is 0.626. The van der Waals surface area contributed by atoms with E-state index in [1.54, 1.807) is 29.2 Å². The Morgan fingerprint density at radius 2 is 1.90 bits per heavy atom. The number of methoxy groups -OCH3 is 1. The molecule has 0 atom stereocenters. The van der Waals surface area contributed by atoms with Crippen molar-refractivity contribution >= 4 is 11.9 Å². The third kappa shape index (κ3) is 4.19. The van der Waals surface area contributed by atoms with Crippen molar-refractivity contribution in [2.45, 2.75) is 0 Å². The number of carbonyl (C=O) groups is 2. The van der Waals surface area contributed by atoms with Crippen LogP contribution in [0.3, 0.4) is 0 Å². The maximum absolute atomic E-state index is 12.0. The Morgan fingerprint density at radius 1 is 1.19 bits per heavy atom. The van der Waals surface area contributed by atoms with E-state index in [9.17, 15) is 9.59 Å². The van der Waals surface area contributed by atoms with Crippen LogP contribution in [0.15, 0.2) is 24.3 Å². The summed E-state index contributed by atoms with van der Waals surface area (Å²) in [7, 11) is 3.55. The lowest BCUT2D eigenvalue weighted by Crippen LogP contribution is -2.48. The average molecular weight is 292 g/mol. The number of benzene rings is 1. The lowest BCUT2D eigenvalue weighted by molar-refractivity contribution is -0.136. The van der Waals surface area contributed by atoms with Gasteiger partial charge >= 0.3 is 5.97 Å². The fourth-order valence-electron chi connectivity index (χ4n) is 2.11. The van der Waals surface area contributed by atoms with Gasteiger partial charge in [-0.25, -0.2) is 4.79 Å². The number of amides is 1. The molecule has 1 aliphatic rings. The van der Waals surface area contributed by atoms with E-state index in [1.165, 1.54) is 7.11 Å². The molecule has 1 aromatic carbocycles. The monoisotopic (exact) mass is 292 g/mol. The van der Waals surface area contributed by atoms with Crippen LogP contribution in [0.5, 0.6) is 5.75 Å². The number of ether oxygens (including phenoxy) is 2. The van der Waals surface area contributed by atoms with Gasteiger partial charge in [-0.05, 0) is 25.2 Å². The van der Waals surface area contributed by atoms with Gasteiger partial charge in [-0.15, -0.1) is 0 Å². The van der Waals surface area contributed by atoms with Crippen LogP contribution in [0, 0.1) is 0 Å². The van der Waals surface area contributed by atoms with Crippen molar-refractivity contribution in [3.63, 3.8) is 0 Å². The summed E-state index contributed by atoms with van der Waals surface area (Å²) < 4.78 is 10.1. The molecule has 0 radical (unpaired) electrons. The number of nitrogens with zero attached hydrogens (tertiary/aromatic N) is 2. The molecule has 0 aromatic heterocycles. The quantitative estimate of drug-likeness (QED) is 0.762. The molecule has 0 bridgehead atoms. The molecule has 0 unspecified atom stereocenters. The van der Waals surface area contributed by atoms with Gasteiger partial charge in [0, 0.05) is 26.2 Å². The molecule has 6 heteroatoms. The molecule has 0 N–H and O–H groups in total. The second-order valence-electron chi connectivity index (χ2n) is 4.99. The summed E-state index contributed by atoms with van der Waals surface area (Å²) in [6.45, 7) is 2.81. The molecule has 1 heterocycles. The van der Waals surface area contributed by atoms with Crippen molar-refractivity contribution in [1.29, 1.82) is 0 Å². The molecule has 1 aromatic rings. The van der Waals surface area contributed by atoms with Gasteiger partial charge in [0.2, 0.25) is 0 Å². The highest BCUT2D eigenvalue weighted by atomic mass is 16.5. The van der Waals surface area contributed by atoms with E-state index in [1.807, 2.05) is 7.05 Å². The number of piperazine rings is 1. The highest BCUT2D eigenvalue weighted by Gasteiger charge is 2.20. The van der Waals surface area contributed by atoms with Gasteiger partial charge in [-0.1, -0.05) is 6.07 Å². The minimum atomic E-state index is -0.517. The first-order valence-corrected chi connectivity index (χ1v) is 6.87. The van der Waals surface area contributed by atoms with Crippen LogP contribution in [0.25, 0.3) is 0 Å². The third-order valence-electron chi connectivity index (χ3n) is 3.49. The maximum Gasteiger partial charge on any atom is 0.338 e. The van der Waals surface area contributed by atoms with Crippen molar-refractivity contribution in [3.8, 4) is 5.75 Å². The second kappa shape index (κ2) is 7.08. The van der Waals surface area contributed by atoms with Gasteiger partial charge < -0.3 is 19.3 Å². The molecule has 21 heavy (non-hydrogen) atoms. The maximum atomic E-state index is 12.0. The van der Waals surface area contributed by atoms with E-state index in [2.05, 4.69) is 4.90 Å². The zero-order chi connectivity index (χ0) is 15.2. The predicted molar refractivity (Wildman–Crippen MR) is 77.4 cm³/mol. The first-order chi connectivity index (χ1) is 10.1. The Balaban J connectivity index is 1.84.